The van der Waals surface area contributed by atoms with Gasteiger partial charge in [0.05, 0.1) is 18.3 Å². The molecule has 4 rings (SSSR count). The minimum absolute atomic E-state index is 0.0548. The van der Waals surface area contributed by atoms with E-state index < -0.39 is 0 Å². The Morgan fingerprint density at radius 1 is 1.21 bits per heavy atom. The summed E-state index contributed by atoms with van der Waals surface area (Å²) in [4.78, 5) is 12.0. The van der Waals surface area contributed by atoms with Crippen LogP contribution >= 0.6 is 11.8 Å². The van der Waals surface area contributed by atoms with E-state index in [1.807, 2.05) is 37.0 Å². The van der Waals surface area contributed by atoms with Crippen molar-refractivity contribution in [2.75, 3.05) is 13.2 Å². The summed E-state index contributed by atoms with van der Waals surface area (Å²) in [5.41, 5.74) is 2.30. The number of aliphatic imine (C=N–C) groups is 1. The van der Waals surface area contributed by atoms with Crippen molar-refractivity contribution in [3.63, 3.8) is 0 Å². The van der Waals surface area contributed by atoms with Gasteiger partial charge < -0.3 is 9.64 Å². The monoisotopic (exact) mass is 339 g/mol. The summed E-state index contributed by atoms with van der Waals surface area (Å²) in [7, 11) is 0. The van der Waals surface area contributed by atoms with Crippen molar-refractivity contribution in [3.8, 4) is 5.75 Å². The minimum Gasteiger partial charge on any atom is -0.494 e. The van der Waals surface area contributed by atoms with E-state index >= 15 is 0 Å². The Morgan fingerprint density at radius 2 is 2.04 bits per heavy atom. The van der Waals surface area contributed by atoms with Gasteiger partial charge in [0, 0.05) is 18.0 Å². The lowest BCUT2D eigenvalue weighted by Crippen LogP contribution is -2.28. The number of pyridine rings is 1. The van der Waals surface area contributed by atoms with Crippen molar-refractivity contribution < 1.29 is 4.74 Å². The van der Waals surface area contributed by atoms with Crippen molar-refractivity contribution >= 4 is 16.9 Å². The maximum atomic E-state index is 5.58. The van der Waals surface area contributed by atoms with Gasteiger partial charge in [-0.25, -0.2) is 0 Å². The number of aromatic nitrogens is 1. The molecule has 0 aliphatic carbocycles. The van der Waals surface area contributed by atoms with Crippen LogP contribution in [0.3, 0.4) is 0 Å². The fourth-order valence-corrected chi connectivity index (χ4v) is 4.50. The molecule has 2 aliphatic rings. The van der Waals surface area contributed by atoms with Gasteiger partial charge in [-0.1, -0.05) is 36.9 Å². The van der Waals surface area contributed by atoms with Crippen LogP contribution in [-0.4, -0.2) is 33.5 Å². The number of fused-ring (bicyclic) bond motifs is 1. The fourth-order valence-electron chi connectivity index (χ4n) is 3.41. The molecule has 4 nitrogen and oxygen atoms in total. The SMILES string of the molecule is CCOc1ccc([C@H]2[C@H](c3ccccn3)N=C3S[C@@H](C)CN32)cc1. The Morgan fingerprint density at radius 3 is 2.75 bits per heavy atom. The van der Waals surface area contributed by atoms with E-state index in [1.54, 1.807) is 0 Å². The molecule has 0 unspecified atom stereocenters. The smallest absolute Gasteiger partial charge is 0.160 e. The first-order valence-electron chi connectivity index (χ1n) is 8.41. The highest BCUT2D eigenvalue weighted by atomic mass is 32.2. The molecule has 0 radical (unpaired) electrons. The van der Waals surface area contributed by atoms with E-state index in [2.05, 4.69) is 47.1 Å². The van der Waals surface area contributed by atoms with Crippen LogP contribution in [0.2, 0.25) is 0 Å². The molecule has 2 aromatic rings. The zero-order valence-corrected chi connectivity index (χ0v) is 14.7. The third kappa shape index (κ3) is 2.77. The predicted octanol–water partition coefficient (Wildman–Crippen LogP) is 4.07. The molecule has 124 valence electrons. The molecule has 1 aromatic carbocycles. The first-order chi connectivity index (χ1) is 11.8. The van der Waals surface area contributed by atoms with Crippen LogP contribution in [0.5, 0.6) is 5.75 Å². The van der Waals surface area contributed by atoms with Gasteiger partial charge in [0.1, 0.15) is 11.8 Å². The lowest BCUT2D eigenvalue weighted by molar-refractivity contribution is 0.319. The quantitative estimate of drug-likeness (QED) is 0.841. The molecule has 0 N–H and O–H groups in total. The fraction of sp³-hybridized carbons (Fsp3) is 0.368. The summed E-state index contributed by atoms with van der Waals surface area (Å²) in [5.74, 6) is 0.916. The summed E-state index contributed by atoms with van der Waals surface area (Å²) in [5, 5.41) is 1.73. The van der Waals surface area contributed by atoms with Crippen LogP contribution in [0, 0.1) is 0 Å². The van der Waals surface area contributed by atoms with Crippen molar-refractivity contribution in [2.24, 2.45) is 4.99 Å². The van der Waals surface area contributed by atoms with Gasteiger partial charge in [-0.15, -0.1) is 0 Å². The van der Waals surface area contributed by atoms with Gasteiger partial charge in [-0.3, -0.25) is 9.98 Å². The Kier molecular flexibility index (Phi) is 4.19. The largest absolute Gasteiger partial charge is 0.494 e. The molecular formula is C19H21N3OS. The lowest BCUT2D eigenvalue weighted by Gasteiger charge is -2.27. The average Bonchev–Trinajstić information content (AvgIpc) is 3.13. The van der Waals surface area contributed by atoms with E-state index in [1.165, 1.54) is 5.56 Å². The second-order valence-electron chi connectivity index (χ2n) is 6.14. The topological polar surface area (TPSA) is 37.7 Å². The van der Waals surface area contributed by atoms with Crippen LogP contribution in [0.15, 0.2) is 53.7 Å². The number of benzene rings is 1. The van der Waals surface area contributed by atoms with Crippen LogP contribution in [0.4, 0.5) is 0 Å². The van der Waals surface area contributed by atoms with Crippen LogP contribution < -0.4 is 4.74 Å². The van der Waals surface area contributed by atoms with E-state index in [9.17, 15) is 0 Å². The third-order valence-corrected chi connectivity index (χ3v) is 5.52. The maximum Gasteiger partial charge on any atom is 0.160 e. The van der Waals surface area contributed by atoms with Crippen molar-refractivity contribution in [3.05, 3.63) is 59.9 Å². The standard InChI is InChI=1S/C19H21N3OS/c1-3-23-15-9-7-14(8-10-15)18-17(16-6-4-5-11-20-16)21-19-22(18)12-13(2)24-19/h4-11,13,17-18H,3,12H2,1-2H3/t13-,17-,18-/m0/s1. The average molecular weight is 339 g/mol. The van der Waals surface area contributed by atoms with Gasteiger partial charge in [0.2, 0.25) is 0 Å². The second-order valence-corrected chi connectivity index (χ2v) is 7.54. The summed E-state index contributed by atoms with van der Waals surface area (Å²) >= 11 is 1.87. The number of hydrogen-bond acceptors (Lipinski definition) is 5. The molecule has 1 aromatic heterocycles. The summed E-state index contributed by atoms with van der Waals surface area (Å²) in [6.07, 6.45) is 1.85. The van der Waals surface area contributed by atoms with Gasteiger partial charge in [0.25, 0.3) is 0 Å². The molecule has 0 saturated carbocycles. The molecule has 1 saturated heterocycles. The molecule has 5 heteroatoms. The molecule has 2 aliphatic heterocycles. The van der Waals surface area contributed by atoms with E-state index in [0.717, 1.165) is 23.2 Å². The maximum absolute atomic E-state index is 5.58. The van der Waals surface area contributed by atoms with E-state index in [-0.39, 0.29) is 12.1 Å². The molecule has 0 bridgehead atoms. The first kappa shape index (κ1) is 15.5. The van der Waals surface area contributed by atoms with Crippen molar-refractivity contribution in [2.45, 2.75) is 31.2 Å². The Labute approximate surface area is 147 Å². The Balaban J connectivity index is 1.70. The molecular weight excluding hydrogens is 318 g/mol. The summed E-state index contributed by atoms with van der Waals surface area (Å²) in [6.45, 7) is 5.99. The highest BCUT2D eigenvalue weighted by molar-refractivity contribution is 8.14. The highest BCUT2D eigenvalue weighted by Gasteiger charge is 2.43. The number of nitrogens with zero attached hydrogens (tertiary/aromatic N) is 3. The Hall–Kier alpha value is -2.01. The summed E-state index contributed by atoms with van der Waals surface area (Å²) < 4.78 is 5.58. The van der Waals surface area contributed by atoms with Crippen molar-refractivity contribution in [1.29, 1.82) is 0 Å². The van der Waals surface area contributed by atoms with Crippen LogP contribution in [-0.2, 0) is 0 Å². The zero-order chi connectivity index (χ0) is 16.5. The van der Waals surface area contributed by atoms with Gasteiger partial charge >= 0.3 is 0 Å². The molecule has 24 heavy (non-hydrogen) atoms. The number of hydrogen-bond donors (Lipinski definition) is 0. The number of rotatable bonds is 4. The van der Waals surface area contributed by atoms with Crippen molar-refractivity contribution in [1.82, 2.24) is 9.88 Å². The normalized spacial score (nSPS) is 25.5. The zero-order valence-electron chi connectivity index (χ0n) is 13.9. The van der Waals surface area contributed by atoms with Crippen LogP contribution in [0.25, 0.3) is 0 Å². The van der Waals surface area contributed by atoms with Crippen LogP contribution in [0.1, 0.15) is 37.2 Å². The van der Waals surface area contributed by atoms with Gasteiger partial charge in [-0.2, -0.15) is 0 Å². The highest BCUT2D eigenvalue weighted by Crippen LogP contribution is 2.47. The second kappa shape index (κ2) is 6.48. The number of ether oxygens (including phenoxy) is 1. The third-order valence-electron chi connectivity index (χ3n) is 4.41. The van der Waals surface area contributed by atoms with Gasteiger partial charge in [-0.05, 0) is 36.8 Å². The molecule has 1 fully saturated rings. The van der Waals surface area contributed by atoms with Gasteiger partial charge in [0.15, 0.2) is 5.17 Å². The molecule has 3 heterocycles. The summed E-state index contributed by atoms with van der Waals surface area (Å²) in [6, 6.07) is 14.8. The van der Waals surface area contributed by atoms with E-state index in [0.29, 0.717) is 11.9 Å². The number of amidine groups is 1. The van der Waals surface area contributed by atoms with E-state index in [4.69, 9.17) is 9.73 Å². The Bertz CT molecular complexity index is 732. The predicted molar refractivity (Wildman–Crippen MR) is 98.5 cm³/mol. The lowest BCUT2D eigenvalue weighted by atomic mass is 9.96. The molecule has 3 atom stereocenters. The molecule has 0 amide bonds. The first-order valence-corrected chi connectivity index (χ1v) is 9.29. The minimum atomic E-state index is 0.0548. The molecule has 0 spiro atoms. The number of thioether (sulfide) groups is 1.